The first kappa shape index (κ1) is 19.1. The summed E-state index contributed by atoms with van der Waals surface area (Å²) < 4.78 is 1.86. The number of amides is 1. The molecule has 0 saturated carbocycles. The van der Waals surface area contributed by atoms with Gasteiger partial charge in [0, 0.05) is 35.4 Å². The first-order valence-corrected chi connectivity index (χ1v) is 9.83. The molecule has 32 heavy (non-hydrogen) atoms. The van der Waals surface area contributed by atoms with Crippen molar-refractivity contribution in [2.24, 2.45) is 0 Å². The van der Waals surface area contributed by atoms with Crippen molar-refractivity contribution < 1.29 is 4.79 Å². The van der Waals surface area contributed by atoms with E-state index in [2.05, 4.69) is 42.6 Å². The van der Waals surface area contributed by atoms with E-state index in [9.17, 15) is 4.79 Å². The second-order valence-electron chi connectivity index (χ2n) is 6.88. The van der Waals surface area contributed by atoms with Gasteiger partial charge in [-0.2, -0.15) is 5.10 Å². The number of carbonyl (C=O) groups is 1. The molecule has 0 bridgehead atoms. The van der Waals surface area contributed by atoms with Crippen LogP contribution in [-0.4, -0.2) is 30.5 Å². The Morgan fingerprint density at radius 2 is 1.88 bits per heavy atom. The highest BCUT2D eigenvalue weighted by molar-refractivity contribution is 6.04. The van der Waals surface area contributed by atoms with Crippen LogP contribution < -0.4 is 10.6 Å². The fourth-order valence-electron chi connectivity index (χ4n) is 3.16. The van der Waals surface area contributed by atoms with Crippen LogP contribution in [0.5, 0.6) is 0 Å². The minimum absolute atomic E-state index is 0.164. The number of hydrogen-bond acceptors (Lipinski definition) is 5. The van der Waals surface area contributed by atoms with E-state index in [1.807, 2.05) is 53.1 Å². The number of rotatable bonds is 4. The molecule has 0 fully saturated rings. The Hall–Kier alpha value is -4.90. The van der Waals surface area contributed by atoms with Gasteiger partial charge in [0.05, 0.1) is 18.1 Å². The highest BCUT2D eigenvalue weighted by Gasteiger charge is 2.08. The lowest BCUT2D eigenvalue weighted by Gasteiger charge is -2.05. The number of nitrogens with zero attached hydrogens (tertiary/aromatic N) is 4. The lowest BCUT2D eigenvalue weighted by atomic mass is 10.1. The van der Waals surface area contributed by atoms with E-state index in [4.69, 9.17) is 0 Å². The van der Waals surface area contributed by atoms with Crippen molar-refractivity contribution in [1.82, 2.24) is 24.6 Å². The molecule has 5 rings (SSSR count). The van der Waals surface area contributed by atoms with Crippen LogP contribution in [0.4, 0.5) is 17.2 Å². The molecule has 0 aliphatic carbocycles. The maximum Gasteiger partial charge on any atom is 0.255 e. The number of carbonyl (C=O) groups excluding carboxylic acids is 1. The number of imidazole rings is 1. The zero-order valence-electron chi connectivity index (χ0n) is 16.8. The van der Waals surface area contributed by atoms with Crippen LogP contribution in [0.15, 0.2) is 85.6 Å². The number of aromatic nitrogens is 5. The number of fused-ring (bicyclic) bond motifs is 1. The molecular formula is C24H17N7O. The van der Waals surface area contributed by atoms with Gasteiger partial charge < -0.3 is 10.6 Å². The Labute approximate surface area is 183 Å². The van der Waals surface area contributed by atoms with Gasteiger partial charge in [0.1, 0.15) is 5.69 Å². The third-order valence-electron chi connectivity index (χ3n) is 4.68. The Kier molecular flexibility index (Phi) is 5.04. The van der Waals surface area contributed by atoms with Crippen LogP contribution in [0, 0.1) is 11.8 Å². The summed E-state index contributed by atoms with van der Waals surface area (Å²) in [4.78, 5) is 21.2. The van der Waals surface area contributed by atoms with Crippen LogP contribution >= 0.6 is 0 Å². The van der Waals surface area contributed by atoms with Gasteiger partial charge in [-0.1, -0.05) is 30.2 Å². The minimum atomic E-state index is -0.164. The van der Waals surface area contributed by atoms with E-state index in [0.29, 0.717) is 22.7 Å². The summed E-state index contributed by atoms with van der Waals surface area (Å²) in [5, 5.41) is 12.7. The van der Waals surface area contributed by atoms with Crippen molar-refractivity contribution in [1.29, 1.82) is 0 Å². The Balaban J connectivity index is 1.38. The molecule has 1 amide bonds. The zero-order valence-corrected chi connectivity index (χ0v) is 16.8. The van der Waals surface area contributed by atoms with Crippen molar-refractivity contribution in [3.05, 3.63) is 102 Å². The summed E-state index contributed by atoms with van der Waals surface area (Å²) in [7, 11) is 0. The Morgan fingerprint density at radius 3 is 2.72 bits per heavy atom. The van der Waals surface area contributed by atoms with Crippen molar-refractivity contribution in [3.63, 3.8) is 0 Å². The molecule has 8 nitrogen and oxygen atoms in total. The first-order chi connectivity index (χ1) is 15.8. The molecule has 0 spiro atoms. The number of benzene rings is 2. The highest BCUT2D eigenvalue weighted by atomic mass is 16.1. The van der Waals surface area contributed by atoms with Crippen molar-refractivity contribution in [2.45, 2.75) is 0 Å². The van der Waals surface area contributed by atoms with Crippen LogP contribution in [0.1, 0.15) is 21.6 Å². The first-order valence-electron chi connectivity index (χ1n) is 9.83. The summed E-state index contributed by atoms with van der Waals surface area (Å²) in [6.45, 7) is 0. The molecule has 0 radical (unpaired) electrons. The number of aromatic amines is 1. The number of anilines is 3. The van der Waals surface area contributed by atoms with Crippen molar-refractivity contribution >= 4 is 28.7 Å². The maximum absolute atomic E-state index is 12.4. The van der Waals surface area contributed by atoms with E-state index < -0.39 is 0 Å². The van der Waals surface area contributed by atoms with Gasteiger partial charge in [-0.05, 0) is 36.3 Å². The largest absolute Gasteiger partial charge is 0.335 e. The Bertz CT molecular complexity index is 1440. The predicted molar refractivity (Wildman–Crippen MR) is 122 cm³/mol. The second kappa shape index (κ2) is 8.45. The van der Waals surface area contributed by atoms with Gasteiger partial charge in [-0.3, -0.25) is 14.3 Å². The van der Waals surface area contributed by atoms with E-state index in [-0.39, 0.29) is 5.91 Å². The molecule has 0 saturated heterocycles. The van der Waals surface area contributed by atoms with Crippen molar-refractivity contribution in [3.8, 4) is 11.8 Å². The van der Waals surface area contributed by atoms with Crippen LogP contribution in [0.25, 0.3) is 5.65 Å². The number of hydrogen-bond donors (Lipinski definition) is 3. The predicted octanol–water partition coefficient (Wildman–Crippen LogP) is 3.85. The van der Waals surface area contributed by atoms with Crippen LogP contribution in [0.3, 0.4) is 0 Å². The quantitative estimate of drug-likeness (QED) is 0.384. The van der Waals surface area contributed by atoms with E-state index in [1.165, 1.54) is 0 Å². The summed E-state index contributed by atoms with van der Waals surface area (Å²) in [6.07, 6.45) is 8.59. The average Bonchev–Trinajstić information content (AvgIpc) is 3.49. The van der Waals surface area contributed by atoms with E-state index in [1.54, 1.807) is 36.9 Å². The fraction of sp³-hybridized carbons (Fsp3) is 0. The van der Waals surface area contributed by atoms with Gasteiger partial charge in [-0.15, -0.1) is 0 Å². The lowest BCUT2D eigenvalue weighted by molar-refractivity contribution is 0.102. The molecule has 3 aromatic heterocycles. The summed E-state index contributed by atoms with van der Waals surface area (Å²) in [5.41, 5.74) is 4.22. The minimum Gasteiger partial charge on any atom is -0.335 e. The smallest absolute Gasteiger partial charge is 0.255 e. The second-order valence-corrected chi connectivity index (χ2v) is 6.88. The monoisotopic (exact) mass is 419 g/mol. The molecule has 154 valence electrons. The number of nitrogens with one attached hydrogen (secondary N) is 3. The summed E-state index contributed by atoms with van der Waals surface area (Å²) in [5.74, 6) is 6.73. The molecule has 0 unspecified atom stereocenters. The SMILES string of the molecule is O=C(Nc1cccc(C#Cc2cnc3c(Nc4cn[nH]c4)nccn23)c1)c1ccccc1. The standard InChI is InChI=1S/C24H17N7O/c32-24(18-6-2-1-3-7-18)30-19-8-4-5-17(13-19)9-10-21-16-26-23-22(25-11-12-31(21)23)29-20-14-27-28-15-20/h1-8,11-16H,(H,25,29)(H,27,28)(H,30,32). The average molecular weight is 419 g/mol. The molecule has 0 aliphatic heterocycles. The van der Waals surface area contributed by atoms with Gasteiger partial charge >= 0.3 is 0 Å². The van der Waals surface area contributed by atoms with Gasteiger partial charge in [0.25, 0.3) is 5.91 Å². The topological polar surface area (TPSA) is 100 Å². The summed E-state index contributed by atoms with van der Waals surface area (Å²) in [6, 6.07) is 16.5. The highest BCUT2D eigenvalue weighted by Crippen LogP contribution is 2.18. The molecular weight excluding hydrogens is 402 g/mol. The van der Waals surface area contributed by atoms with Gasteiger partial charge in [-0.25, -0.2) is 9.97 Å². The molecule has 3 heterocycles. The molecule has 3 N–H and O–H groups in total. The molecule has 0 aliphatic rings. The van der Waals surface area contributed by atoms with E-state index >= 15 is 0 Å². The molecule has 2 aromatic carbocycles. The normalized spacial score (nSPS) is 10.4. The summed E-state index contributed by atoms with van der Waals surface area (Å²) >= 11 is 0. The molecule has 0 atom stereocenters. The number of H-pyrrole nitrogens is 1. The van der Waals surface area contributed by atoms with Crippen molar-refractivity contribution in [2.75, 3.05) is 10.6 Å². The molecule has 5 aromatic rings. The Morgan fingerprint density at radius 1 is 0.969 bits per heavy atom. The third kappa shape index (κ3) is 4.04. The van der Waals surface area contributed by atoms with Gasteiger partial charge in [0.2, 0.25) is 0 Å². The third-order valence-corrected chi connectivity index (χ3v) is 4.68. The van der Waals surface area contributed by atoms with E-state index in [0.717, 1.165) is 16.9 Å². The van der Waals surface area contributed by atoms with Crippen LogP contribution in [0.2, 0.25) is 0 Å². The fourth-order valence-corrected chi connectivity index (χ4v) is 3.16. The zero-order chi connectivity index (χ0) is 21.8. The lowest BCUT2D eigenvalue weighted by Crippen LogP contribution is -2.11. The molecule has 8 heteroatoms. The maximum atomic E-state index is 12.4. The van der Waals surface area contributed by atoms with Crippen LogP contribution in [-0.2, 0) is 0 Å². The van der Waals surface area contributed by atoms with Gasteiger partial charge in [0.15, 0.2) is 11.5 Å².